The van der Waals surface area contributed by atoms with Gasteiger partial charge in [-0.15, -0.1) is 0 Å². The van der Waals surface area contributed by atoms with Crippen LogP contribution >= 0.6 is 0 Å². The number of benzene rings is 3. The lowest BCUT2D eigenvalue weighted by Gasteiger charge is -2.24. The molecule has 0 spiro atoms. The van der Waals surface area contributed by atoms with Crippen LogP contribution < -0.4 is 0 Å². The second-order valence-electron chi connectivity index (χ2n) is 9.07. The van der Waals surface area contributed by atoms with E-state index < -0.39 is 5.97 Å². The zero-order valence-electron chi connectivity index (χ0n) is 18.6. The molecule has 1 aliphatic rings. The van der Waals surface area contributed by atoms with Gasteiger partial charge < -0.3 is 9.67 Å². The summed E-state index contributed by atoms with van der Waals surface area (Å²) in [5.41, 5.74) is 7.67. The molecule has 3 aromatic carbocycles. The summed E-state index contributed by atoms with van der Waals surface area (Å²) in [4.78, 5) is 11.8. The zero-order valence-corrected chi connectivity index (χ0v) is 18.6. The van der Waals surface area contributed by atoms with Crippen LogP contribution in [-0.2, 0) is 6.54 Å². The Hall–Kier alpha value is -3.33. The summed E-state index contributed by atoms with van der Waals surface area (Å²) in [5.74, 6) is -0.369. The molecule has 1 fully saturated rings. The van der Waals surface area contributed by atoms with Crippen molar-refractivity contribution in [2.45, 2.75) is 51.5 Å². The number of fused-ring (bicyclic) bond motifs is 1. The van der Waals surface area contributed by atoms with Crippen LogP contribution in [0.2, 0.25) is 0 Å². The number of carbonyl (C=O) groups is 1. The molecule has 3 heteroatoms. The summed E-state index contributed by atoms with van der Waals surface area (Å²) >= 11 is 0. The average Bonchev–Trinajstić information content (AvgIpc) is 3.15. The van der Waals surface area contributed by atoms with Gasteiger partial charge in [0.2, 0.25) is 0 Å². The summed E-state index contributed by atoms with van der Waals surface area (Å²) in [5, 5.41) is 10.9. The maximum atomic E-state index is 11.8. The van der Waals surface area contributed by atoms with Gasteiger partial charge in [-0.2, -0.15) is 0 Å². The fourth-order valence-corrected chi connectivity index (χ4v) is 5.26. The van der Waals surface area contributed by atoms with Crippen LogP contribution in [0, 0.1) is 6.92 Å². The first-order valence-electron chi connectivity index (χ1n) is 11.6. The van der Waals surface area contributed by atoms with E-state index in [0.717, 1.165) is 12.1 Å². The van der Waals surface area contributed by atoms with E-state index in [1.54, 1.807) is 6.07 Å². The van der Waals surface area contributed by atoms with Gasteiger partial charge >= 0.3 is 5.97 Å². The van der Waals surface area contributed by atoms with Crippen molar-refractivity contribution in [3.8, 4) is 11.3 Å². The molecule has 0 atom stereocenters. The molecule has 1 heterocycles. The zero-order chi connectivity index (χ0) is 22.1. The van der Waals surface area contributed by atoms with E-state index in [-0.39, 0.29) is 0 Å². The molecule has 0 unspecified atom stereocenters. The van der Waals surface area contributed by atoms with Crippen LogP contribution in [0.1, 0.15) is 65.1 Å². The van der Waals surface area contributed by atoms with E-state index in [9.17, 15) is 9.90 Å². The van der Waals surface area contributed by atoms with E-state index in [2.05, 4.69) is 66.1 Å². The van der Waals surface area contributed by atoms with Crippen molar-refractivity contribution in [3.05, 3.63) is 95.1 Å². The molecule has 0 saturated heterocycles. The summed E-state index contributed by atoms with van der Waals surface area (Å²) in [6, 6.07) is 24.9. The molecule has 0 amide bonds. The van der Waals surface area contributed by atoms with Crippen LogP contribution in [0.5, 0.6) is 0 Å². The lowest BCUT2D eigenvalue weighted by atomic mass is 9.82. The molecule has 5 rings (SSSR count). The van der Waals surface area contributed by atoms with Crippen molar-refractivity contribution in [1.29, 1.82) is 0 Å². The van der Waals surface area contributed by atoms with Crippen LogP contribution in [0.3, 0.4) is 0 Å². The maximum Gasteiger partial charge on any atom is 0.335 e. The summed E-state index contributed by atoms with van der Waals surface area (Å²) in [7, 11) is 0. The molecular formula is C29H29NO2. The molecule has 0 bridgehead atoms. The minimum atomic E-state index is -0.879. The minimum Gasteiger partial charge on any atom is -0.478 e. The van der Waals surface area contributed by atoms with E-state index in [0.29, 0.717) is 11.5 Å². The van der Waals surface area contributed by atoms with Crippen molar-refractivity contribution < 1.29 is 9.90 Å². The molecule has 1 saturated carbocycles. The molecule has 162 valence electrons. The van der Waals surface area contributed by atoms with Gasteiger partial charge in [-0.25, -0.2) is 4.79 Å². The maximum absolute atomic E-state index is 11.8. The molecule has 1 aromatic heterocycles. The molecule has 0 radical (unpaired) electrons. The number of hydrogen-bond donors (Lipinski definition) is 1. The molecule has 1 aliphatic carbocycles. The number of aromatic nitrogens is 1. The number of rotatable bonds is 5. The fraction of sp³-hybridized carbons (Fsp3) is 0.276. The Morgan fingerprint density at radius 1 is 0.938 bits per heavy atom. The van der Waals surface area contributed by atoms with Gasteiger partial charge in [0.05, 0.1) is 11.3 Å². The molecular weight excluding hydrogens is 394 g/mol. The quantitative estimate of drug-likeness (QED) is 0.363. The van der Waals surface area contributed by atoms with Crippen LogP contribution in [0.4, 0.5) is 0 Å². The summed E-state index contributed by atoms with van der Waals surface area (Å²) in [6.45, 7) is 2.82. The number of nitrogens with zero attached hydrogens (tertiary/aromatic N) is 1. The lowest BCUT2D eigenvalue weighted by Crippen LogP contribution is -2.07. The predicted octanol–water partition coefficient (Wildman–Crippen LogP) is 7.41. The van der Waals surface area contributed by atoms with E-state index in [4.69, 9.17) is 0 Å². The molecule has 1 N–H and O–H groups in total. The first-order chi connectivity index (χ1) is 15.6. The Morgan fingerprint density at radius 2 is 1.66 bits per heavy atom. The van der Waals surface area contributed by atoms with Gasteiger partial charge in [0.15, 0.2) is 0 Å². The Morgan fingerprint density at radius 3 is 2.34 bits per heavy atom. The third-order valence-electron chi connectivity index (χ3n) is 6.87. The normalized spacial score (nSPS) is 14.7. The largest absolute Gasteiger partial charge is 0.478 e. The van der Waals surface area contributed by atoms with Crippen molar-refractivity contribution in [2.24, 2.45) is 0 Å². The van der Waals surface area contributed by atoms with Gasteiger partial charge in [-0.1, -0.05) is 85.5 Å². The monoisotopic (exact) mass is 423 g/mol. The predicted molar refractivity (Wildman–Crippen MR) is 130 cm³/mol. The number of aromatic carboxylic acids is 1. The van der Waals surface area contributed by atoms with Crippen molar-refractivity contribution in [2.75, 3.05) is 0 Å². The standard InChI is InChI=1S/C29H29NO2/c1-20-12-14-21(15-13-20)19-30-26-18-24(29(31)32)16-17-25(26)27(22-8-4-2-5-9-22)28(30)23-10-6-3-7-11-23/h3,6-7,10-18,22H,2,4-5,8-9,19H2,1H3,(H,31,32). The average molecular weight is 424 g/mol. The van der Waals surface area contributed by atoms with Gasteiger partial charge in [0.1, 0.15) is 0 Å². The number of hydrogen-bond acceptors (Lipinski definition) is 1. The number of carboxylic acid groups (broad SMARTS) is 1. The molecule has 3 nitrogen and oxygen atoms in total. The van der Waals surface area contributed by atoms with Crippen LogP contribution in [0.25, 0.3) is 22.2 Å². The van der Waals surface area contributed by atoms with Crippen LogP contribution in [0.15, 0.2) is 72.8 Å². The summed E-state index contributed by atoms with van der Waals surface area (Å²) < 4.78 is 2.35. The Balaban J connectivity index is 1.79. The van der Waals surface area contributed by atoms with Crippen LogP contribution in [-0.4, -0.2) is 15.6 Å². The second kappa shape index (κ2) is 8.66. The Labute approximate surface area is 189 Å². The molecule has 32 heavy (non-hydrogen) atoms. The van der Waals surface area contributed by atoms with Gasteiger partial charge in [-0.05, 0) is 54.5 Å². The van der Waals surface area contributed by atoms with Gasteiger partial charge in [0.25, 0.3) is 0 Å². The number of carboxylic acids is 1. The lowest BCUT2D eigenvalue weighted by molar-refractivity contribution is 0.0697. The fourth-order valence-electron chi connectivity index (χ4n) is 5.26. The topological polar surface area (TPSA) is 42.2 Å². The Kier molecular flexibility index (Phi) is 5.57. The third-order valence-corrected chi connectivity index (χ3v) is 6.87. The van der Waals surface area contributed by atoms with Crippen molar-refractivity contribution in [3.63, 3.8) is 0 Å². The first kappa shape index (κ1) is 20.6. The molecule has 0 aliphatic heterocycles. The highest BCUT2D eigenvalue weighted by atomic mass is 16.4. The van der Waals surface area contributed by atoms with Crippen molar-refractivity contribution >= 4 is 16.9 Å². The smallest absolute Gasteiger partial charge is 0.335 e. The highest BCUT2D eigenvalue weighted by molar-refractivity contribution is 5.98. The first-order valence-corrected chi connectivity index (χ1v) is 11.6. The highest BCUT2D eigenvalue weighted by Gasteiger charge is 2.27. The van der Waals surface area contributed by atoms with E-state index >= 15 is 0 Å². The van der Waals surface area contributed by atoms with Gasteiger partial charge in [-0.3, -0.25) is 0 Å². The van der Waals surface area contributed by atoms with E-state index in [1.165, 1.54) is 65.4 Å². The van der Waals surface area contributed by atoms with E-state index in [1.807, 2.05) is 12.1 Å². The molecule has 4 aromatic rings. The summed E-state index contributed by atoms with van der Waals surface area (Å²) in [6.07, 6.45) is 6.23. The minimum absolute atomic E-state index is 0.343. The number of aryl methyl sites for hydroxylation is 1. The van der Waals surface area contributed by atoms with Gasteiger partial charge in [0, 0.05) is 17.4 Å². The third kappa shape index (κ3) is 3.84. The Bertz CT molecular complexity index is 1250. The second-order valence-corrected chi connectivity index (χ2v) is 9.07. The van der Waals surface area contributed by atoms with Crippen molar-refractivity contribution in [1.82, 2.24) is 4.57 Å². The highest BCUT2D eigenvalue weighted by Crippen LogP contribution is 2.44. The SMILES string of the molecule is Cc1ccc(Cn2c(-c3ccccc3)c(C3CCCCC3)c3ccc(C(=O)O)cc32)cc1.